The molecule has 0 aliphatic heterocycles. The highest BCUT2D eigenvalue weighted by atomic mass is 79.9. The smallest absolute Gasteiger partial charge is 0.270 e. The first kappa shape index (κ1) is 15.6. The number of benzene rings is 1. The normalized spacial score (nSPS) is 12.2. The van der Waals surface area contributed by atoms with Gasteiger partial charge in [0.1, 0.15) is 11.4 Å². The Morgan fingerprint density at radius 3 is 2.67 bits per heavy atom. The van der Waals surface area contributed by atoms with Gasteiger partial charge in [-0.3, -0.25) is 4.79 Å². The molecule has 2 aromatic rings. The van der Waals surface area contributed by atoms with Crippen molar-refractivity contribution in [1.29, 1.82) is 0 Å². The molecule has 1 N–H and O–H groups in total. The molecule has 4 nitrogen and oxygen atoms in total. The summed E-state index contributed by atoms with van der Waals surface area (Å²) >= 11 is 3.39. The van der Waals surface area contributed by atoms with Gasteiger partial charge >= 0.3 is 0 Å². The number of aryl methyl sites for hydroxylation is 1. The molecule has 0 radical (unpaired) electrons. The van der Waals surface area contributed by atoms with Gasteiger partial charge in [0.05, 0.1) is 6.04 Å². The van der Waals surface area contributed by atoms with Crippen molar-refractivity contribution in [1.82, 2.24) is 9.47 Å². The molecule has 0 aliphatic rings. The predicted molar refractivity (Wildman–Crippen MR) is 86.3 cm³/mol. The highest BCUT2D eigenvalue weighted by Gasteiger charge is 2.23. The van der Waals surface area contributed by atoms with E-state index >= 15 is 0 Å². The Bertz CT molecular complexity index is 651. The van der Waals surface area contributed by atoms with Gasteiger partial charge in [-0.1, -0.05) is 12.1 Å². The van der Waals surface area contributed by atoms with Crippen molar-refractivity contribution in [3.05, 3.63) is 52.3 Å². The summed E-state index contributed by atoms with van der Waals surface area (Å²) in [6.45, 7) is 4.52. The van der Waals surface area contributed by atoms with E-state index in [1.54, 1.807) is 23.1 Å². The largest absolute Gasteiger partial charge is 0.508 e. The number of amides is 1. The molecule has 0 spiro atoms. The second-order valence-electron chi connectivity index (χ2n) is 5.02. The van der Waals surface area contributed by atoms with Gasteiger partial charge in [-0.25, -0.2) is 0 Å². The average Bonchev–Trinajstić information content (AvgIpc) is 2.78. The van der Waals surface area contributed by atoms with E-state index in [0.29, 0.717) is 12.2 Å². The number of aromatic hydroxyl groups is 1. The summed E-state index contributed by atoms with van der Waals surface area (Å²) in [4.78, 5) is 14.5. The van der Waals surface area contributed by atoms with Gasteiger partial charge < -0.3 is 14.6 Å². The van der Waals surface area contributed by atoms with E-state index in [1.807, 2.05) is 43.8 Å². The van der Waals surface area contributed by atoms with Crippen LogP contribution in [0.25, 0.3) is 0 Å². The quantitative estimate of drug-likeness (QED) is 0.913. The lowest BCUT2D eigenvalue weighted by molar-refractivity contribution is 0.0692. The summed E-state index contributed by atoms with van der Waals surface area (Å²) < 4.78 is 2.69. The van der Waals surface area contributed by atoms with Crippen molar-refractivity contribution in [2.45, 2.75) is 19.9 Å². The predicted octanol–water partition coefficient (Wildman–Crippen LogP) is 3.72. The van der Waals surface area contributed by atoms with Crippen LogP contribution in [0.15, 0.2) is 41.0 Å². The number of carbonyl (C=O) groups is 1. The minimum absolute atomic E-state index is 0.0263. The minimum atomic E-state index is -0.108. The number of hydrogen-bond acceptors (Lipinski definition) is 2. The van der Waals surface area contributed by atoms with Crippen LogP contribution >= 0.6 is 15.9 Å². The summed E-state index contributed by atoms with van der Waals surface area (Å²) in [5.41, 5.74) is 1.55. The first-order valence-electron chi connectivity index (χ1n) is 6.85. The van der Waals surface area contributed by atoms with Crippen LogP contribution in [0.4, 0.5) is 0 Å². The molecular weight excluding hydrogens is 332 g/mol. The topological polar surface area (TPSA) is 45.5 Å². The average molecular weight is 351 g/mol. The van der Waals surface area contributed by atoms with E-state index in [4.69, 9.17) is 0 Å². The monoisotopic (exact) mass is 350 g/mol. The second-order valence-corrected chi connectivity index (χ2v) is 5.93. The molecule has 1 amide bonds. The summed E-state index contributed by atoms with van der Waals surface area (Å²) in [6, 6.07) is 8.74. The summed E-state index contributed by atoms with van der Waals surface area (Å²) in [7, 11) is 1.85. The van der Waals surface area contributed by atoms with Crippen molar-refractivity contribution in [3.8, 4) is 5.75 Å². The highest BCUT2D eigenvalue weighted by molar-refractivity contribution is 9.10. The summed E-state index contributed by atoms with van der Waals surface area (Å²) in [5, 5.41) is 9.61. The molecular formula is C16H19BrN2O2. The van der Waals surface area contributed by atoms with E-state index in [1.165, 1.54) is 0 Å². The Kier molecular flexibility index (Phi) is 4.73. The van der Waals surface area contributed by atoms with Crippen molar-refractivity contribution in [2.75, 3.05) is 6.54 Å². The SMILES string of the molecule is CCN(C(=O)c1cc(Br)cn1C)C(C)c1cccc(O)c1. The number of halogens is 1. The van der Waals surface area contributed by atoms with Crippen LogP contribution < -0.4 is 0 Å². The lowest BCUT2D eigenvalue weighted by Gasteiger charge is -2.28. The number of nitrogens with zero attached hydrogens (tertiary/aromatic N) is 2. The zero-order chi connectivity index (χ0) is 15.6. The standard InChI is InChI=1S/C16H19BrN2O2/c1-4-19(11(2)12-6-5-7-14(20)8-12)16(21)15-9-13(17)10-18(15)3/h5-11,20H,4H2,1-3H3. The Labute approximate surface area is 133 Å². The van der Waals surface area contributed by atoms with Crippen LogP contribution in [0.5, 0.6) is 5.75 Å². The summed E-state index contributed by atoms with van der Waals surface area (Å²) in [6.07, 6.45) is 1.86. The number of carbonyl (C=O) groups excluding carboxylic acids is 1. The Morgan fingerprint density at radius 1 is 1.43 bits per heavy atom. The van der Waals surface area contributed by atoms with Gasteiger partial charge in [0, 0.05) is 24.3 Å². The lowest BCUT2D eigenvalue weighted by Crippen LogP contribution is -2.34. The van der Waals surface area contributed by atoms with E-state index in [0.717, 1.165) is 10.0 Å². The Morgan fingerprint density at radius 2 is 2.14 bits per heavy atom. The second kappa shape index (κ2) is 6.35. The van der Waals surface area contributed by atoms with Crippen LogP contribution in [0.1, 0.15) is 35.9 Å². The summed E-state index contributed by atoms with van der Waals surface area (Å²) in [5.74, 6) is 0.186. The van der Waals surface area contributed by atoms with Gasteiger partial charge in [0.15, 0.2) is 0 Å². The maximum atomic E-state index is 12.7. The van der Waals surface area contributed by atoms with Gasteiger partial charge in [0.25, 0.3) is 5.91 Å². The number of phenols is 1. The molecule has 1 aromatic carbocycles. The van der Waals surface area contributed by atoms with Gasteiger partial charge in [0.2, 0.25) is 0 Å². The Balaban J connectivity index is 2.30. The third-order valence-electron chi connectivity index (χ3n) is 3.61. The Hall–Kier alpha value is -1.75. The molecule has 0 saturated heterocycles. The van der Waals surface area contributed by atoms with Crippen LogP contribution in [0, 0.1) is 0 Å². The molecule has 2 rings (SSSR count). The number of hydrogen-bond donors (Lipinski definition) is 1. The molecule has 112 valence electrons. The third-order valence-corrected chi connectivity index (χ3v) is 4.05. The lowest BCUT2D eigenvalue weighted by atomic mass is 10.1. The molecule has 1 heterocycles. The number of phenolic OH excluding ortho intramolecular Hbond substituents is 1. The number of aromatic nitrogens is 1. The molecule has 0 saturated carbocycles. The van der Waals surface area contributed by atoms with Crippen LogP contribution in [-0.4, -0.2) is 27.0 Å². The van der Waals surface area contributed by atoms with Crippen LogP contribution in [0.3, 0.4) is 0 Å². The third kappa shape index (κ3) is 3.29. The molecule has 1 atom stereocenters. The molecule has 0 fully saturated rings. The molecule has 5 heteroatoms. The fourth-order valence-electron chi connectivity index (χ4n) is 2.44. The molecule has 21 heavy (non-hydrogen) atoms. The number of rotatable bonds is 4. The van der Waals surface area contributed by atoms with Gasteiger partial charge in [-0.2, -0.15) is 0 Å². The van der Waals surface area contributed by atoms with E-state index in [-0.39, 0.29) is 17.7 Å². The van der Waals surface area contributed by atoms with E-state index < -0.39 is 0 Å². The minimum Gasteiger partial charge on any atom is -0.508 e. The molecule has 0 aliphatic carbocycles. The fraction of sp³-hybridized carbons (Fsp3) is 0.312. The zero-order valence-corrected chi connectivity index (χ0v) is 14.0. The van der Waals surface area contributed by atoms with Crippen molar-refractivity contribution < 1.29 is 9.90 Å². The maximum Gasteiger partial charge on any atom is 0.270 e. The molecule has 0 bridgehead atoms. The highest BCUT2D eigenvalue weighted by Crippen LogP contribution is 2.25. The first-order chi connectivity index (χ1) is 9.93. The zero-order valence-electron chi connectivity index (χ0n) is 12.4. The molecule has 1 unspecified atom stereocenters. The van der Waals surface area contributed by atoms with Gasteiger partial charge in [-0.05, 0) is 53.5 Å². The molecule has 1 aromatic heterocycles. The first-order valence-corrected chi connectivity index (χ1v) is 7.65. The fourth-order valence-corrected chi connectivity index (χ4v) is 2.97. The van der Waals surface area contributed by atoms with Gasteiger partial charge in [-0.15, -0.1) is 0 Å². The van der Waals surface area contributed by atoms with Crippen molar-refractivity contribution >= 4 is 21.8 Å². The van der Waals surface area contributed by atoms with Crippen LogP contribution in [-0.2, 0) is 7.05 Å². The van der Waals surface area contributed by atoms with E-state index in [2.05, 4.69) is 15.9 Å². The van der Waals surface area contributed by atoms with Crippen molar-refractivity contribution in [2.24, 2.45) is 7.05 Å². The van der Waals surface area contributed by atoms with E-state index in [9.17, 15) is 9.90 Å². The maximum absolute atomic E-state index is 12.7. The van der Waals surface area contributed by atoms with Crippen LogP contribution in [0.2, 0.25) is 0 Å². The van der Waals surface area contributed by atoms with Crippen molar-refractivity contribution in [3.63, 3.8) is 0 Å².